The van der Waals surface area contributed by atoms with Crippen LogP contribution in [0, 0.1) is 0 Å². The quantitative estimate of drug-likeness (QED) is 0.616. The van der Waals surface area contributed by atoms with Crippen LogP contribution in [-0.2, 0) is 6.42 Å². The fourth-order valence-electron chi connectivity index (χ4n) is 0.774. The SMILES string of the molecule is CCc1nc(Cl)nc(N)c1N. The molecule has 60 valence electrons. The van der Waals surface area contributed by atoms with Gasteiger partial charge in [-0.25, -0.2) is 4.98 Å². The predicted molar refractivity (Wildman–Crippen MR) is 45.2 cm³/mol. The van der Waals surface area contributed by atoms with Crippen LogP contribution in [-0.4, -0.2) is 9.97 Å². The van der Waals surface area contributed by atoms with Crippen molar-refractivity contribution in [2.75, 3.05) is 11.5 Å². The summed E-state index contributed by atoms with van der Waals surface area (Å²) in [5.41, 5.74) is 12.1. The van der Waals surface area contributed by atoms with Crippen molar-refractivity contribution in [3.05, 3.63) is 11.0 Å². The van der Waals surface area contributed by atoms with Gasteiger partial charge in [-0.1, -0.05) is 6.92 Å². The number of nitrogens with two attached hydrogens (primary N) is 2. The molecule has 4 nitrogen and oxygen atoms in total. The van der Waals surface area contributed by atoms with Crippen molar-refractivity contribution in [3.63, 3.8) is 0 Å². The molecule has 11 heavy (non-hydrogen) atoms. The van der Waals surface area contributed by atoms with Gasteiger partial charge in [0.25, 0.3) is 0 Å². The van der Waals surface area contributed by atoms with Crippen LogP contribution >= 0.6 is 11.6 Å². The average Bonchev–Trinajstić information content (AvgIpc) is 1.96. The number of hydrogen-bond donors (Lipinski definition) is 2. The minimum Gasteiger partial charge on any atom is -0.394 e. The van der Waals surface area contributed by atoms with E-state index in [9.17, 15) is 0 Å². The Morgan fingerprint density at radius 2 is 2.00 bits per heavy atom. The molecule has 1 aromatic heterocycles. The molecule has 1 heterocycles. The van der Waals surface area contributed by atoms with Crippen LogP contribution < -0.4 is 11.5 Å². The van der Waals surface area contributed by atoms with Gasteiger partial charge in [0.2, 0.25) is 5.28 Å². The van der Waals surface area contributed by atoms with E-state index in [1.165, 1.54) is 0 Å². The minimum atomic E-state index is 0.147. The molecule has 1 rings (SSSR count). The van der Waals surface area contributed by atoms with Crippen LogP contribution in [0.4, 0.5) is 11.5 Å². The maximum absolute atomic E-state index is 5.55. The normalized spacial score (nSPS) is 10.0. The maximum atomic E-state index is 5.55. The lowest BCUT2D eigenvalue weighted by Gasteiger charge is -2.03. The third-order valence-electron chi connectivity index (χ3n) is 1.36. The number of hydrogen-bond acceptors (Lipinski definition) is 4. The zero-order chi connectivity index (χ0) is 8.43. The monoisotopic (exact) mass is 172 g/mol. The zero-order valence-electron chi connectivity index (χ0n) is 6.13. The summed E-state index contributed by atoms with van der Waals surface area (Å²) < 4.78 is 0. The Balaban J connectivity index is 3.24. The van der Waals surface area contributed by atoms with Gasteiger partial charge in [-0.05, 0) is 18.0 Å². The molecule has 0 saturated heterocycles. The number of aromatic nitrogens is 2. The maximum Gasteiger partial charge on any atom is 0.224 e. The molecule has 5 heteroatoms. The van der Waals surface area contributed by atoms with Crippen LogP contribution in [0.25, 0.3) is 0 Å². The van der Waals surface area contributed by atoms with Gasteiger partial charge in [-0.15, -0.1) is 0 Å². The van der Waals surface area contributed by atoms with E-state index < -0.39 is 0 Å². The molecule has 0 atom stereocenters. The number of nitrogen functional groups attached to an aromatic ring is 2. The molecule has 0 fully saturated rings. The van der Waals surface area contributed by atoms with E-state index >= 15 is 0 Å². The van der Waals surface area contributed by atoms with E-state index in [4.69, 9.17) is 23.1 Å². The highest BCUT2D eigenvalue weighted by atomic mass is 35.5. The summed E-state index contributed by atoms with van der Waals surface area (Å²) in [6.07, 6.45) is 0.707. The van der Waals surface area contributed by atoms with Gasteiger partial charge in [0.05, 0.1) is 11.4 Å². The molecule has 0 amide bonds. The minimum absolute atomic E-state index is 0.147. The molecular formula is C6H9ClN4. The van der Waals surface area contributed by atoms with Crippen LogP contribution in [0.2, 0.25) is 5.28 Å². The fraction of sp³-hybridized carbons (Fsp3) is 0.333. The third kappa shape index (κ3) is 1.51. The van der Waals surface area contributed by atoms with Gasteiger partial charge in [-0.3, -0.25) is 0 Å². The van der Waals surface area contributed by atoms with Crippen molar-refractivity contribution in [1.82, 2.24) is 9.97 Å². The molecule has 0 radical (unpaired) electrons. The van der Waals surface area contributed by atoms with Gasteiger partial charge < -0.3 is 11.5 Å². The smallest absolute Gasteiger partial charge is 0.224 e. The summed E-state index contributed by atoms with van der Waals surface area (Å²) in [7, 11) is 0. The van der Waals surface area contributed by atoms with Gasteiger partial charge in [-0.2, -0.15) is 4.98 Å². The molecule has 0 aliphatic heterocycles. The highest BCUT2D eigenvalue weighted by Gasteiger charge is 2.05. The van der Waals surface area contributed by atoms with Crippen molar-refractivity contribution in [3.8, 4) is 0 Å². The second kappa shape index (κ2) is 2.92. The summed E-state index contributed by atoms with van der Waals surface area (Å²) in [6, 6.07) is 0. The second-order valence-corrected chi connectivity index (χ2v) is 2.43. The lowest BCUT2D eigenvalue weighted by atomic mass is 10.3. The number of halogens is 1. The number of rotatable bonds is 1. The van der Waals surface area contributed by atoms with Crippen molar-refractivity contribution in [2.45, 2.75) is 13.3 Å². The van der Waals surface area contributed by atoms with Crippen LogP contribution in [0.1, 0.15) is 12.6 Å². The number of anilines is 2. The van der Waals surface area contributed by atoms with E-state index in [1.54, 1.807) is 0 Å². The zero-order valence-corrected chi connectivity index (χ0v) is 6.89. The van der Waals surface area contributed by atoms with E-state index in [0.29, 0.717) is 17.8 Å². The van der Waals surface area contributed by atoms with E-state index in [2.05, 4.69) is 9.97 Å². The first-order valence-electron chi connectivity index (χ1n) is 3.22. The average molecular weight is 173 g/mol. The third-order valence-corrected chi connectivity index (χ3v) is 1.53. The summed E-state index contributed by atoms with van der Waals surface area (Å²) in [5, 5.41) is 0.147. The fourth-order valence-corrected chi connectivity index (χ4v) is 0.967. The molecule has 0 spiro atoms. The highest BCUT2D eigenvalue weighted by molar-refractivity contribution is 6.28. The van der Waals surface area contributed by atoms with E-state index in [1.807, 2.05) is 6.92 Å². The number of nitrogens with zero attached hydrogens (tertiary/aromatic N) is 2. The first-order chi connectivity index (χ1) is 5.15. The van der Waals surface area contributed by atoms with Crippen molar-refractivity contribution < 1.29 is 0 Å². The lowest BCUT2D eigenvalue weighted by molar-refractivity contribution is 1.01. The summed E-state index contributed by atoms with van der Waals surface area (Å²) in [6.45, 7) is 1.93. The Kier molecular flexibility index (Phi) is 2.14. The molecule has 0 aromatic carbocycles. The van der Waals surface area contributed by atoms with Crippen molar-refractivity contribution in [1.29, 1.82) is 0 Å². The molecular weight excluding hydrogens is 164 g/mol. The summed E-state index contributed by atoms with van der Waals surface area (Å²) in [4.78, 5) is 7.59. The van der Waals surface area contributed by atoms with E-state index in [0.717, 1.165) is 0 Å². The number of aryl methyl sites for hydroxylation is 1. The predicted octanol–water partition coefficient (Wildman–Crippen LogP) is 0.857. The lowest BCUT2D eigenvalue weighted by Crippen LogP contribution is -2.04. The van der Waals surface area contributed by atoms with Crippen molar-refractivity contribution >= 4 is 23.1 Å². The van der Waals surface area contributed by atoms with Crippen LogP contribution in [0.15, 0.2) is 0 Å². The Hall–Kier alpha value is -1.03. The molecule has 0 aliphatic rings. The largest absolute Gasteiger partial charge is 0.394 e. The van der Waals surface area contributed by atoms with Gasteiger partial charge in [0, 0.05) is 0 Å². The first kappa shape index (κ1) is 8.07. The summed E-state index contributed by atoms with van der Waals surface area (Å²) in [5.74, 6) is 0.252. The molecule has 1 aromatic rings. The van der Waals surface area contributed by atoms with Gasteiger partial charge in [0.15, 0.2) is 5.82 Å². The Morgan fingerprint density at radius 1 is 1.36 bits per heavy atom. The Bertz CT molecular complexity index is 274. The highest BCUT2D eigenvalue weighted by Crippen LogP contribution is 2.18. The second-order valence-electron chi connectivity index (χ2n) is 2.09. The molecule has 0 aliphatic carbocycles. The Labute approximate surface area is 69.6 Å². The molecule has 0 bridgehead atoms. The molecule has 4 N–H and O–H groups in total. The van der Waals surface area contributed by atoms with Crippen LogP contribution in [0.5, 0.6) is 0 Å². The topological polar surface area (TPSA) is 77.8 Å². The first-order valence-corrected chi connectivity index (χ1v) is 3.60. The summed E-state index contributed by atoms with van der Waals surface area (Å²) >= 11 is 5.54. The van der Waals surface area contributed by atoms with Gasteiger partial charge in [0.1, 0.15) is 0 Å². The van der Waals surface area contributed by atoms with Gasteiger partial charge >= 0.3 is 0 Å². The molecule has 0 unspecified atom stereocenters. The Morgan fingerprint density at radius 3 is 2.55 bits per heavy atom. The van der Waals surface area contributed by atoms with Crippen LogP contribution in [0.3, 0.4) is 0 Å². The standard InChI is InChI=1S/C6H9ClN4/c1-2-3-4(8)5(9)11-6(7)10-3/h2,8H2,1H3,(H2,9,10,11). The van der Waals surface area contributed by atoms with Crippen molar-refractivity contribution in [2.24, 2.45) is 0 Å². The molecule has 0 saturated carbocycles. The van der Waals surface area contributed by atoms with E-state index in [-0.39, 0.29) is 11.1 Å².